The van der Waals surface area contributed by atoms with E-state index in [-0.39, 0.29) is 29.9 Å². The van der Waals surface area contributed by atoms with Crippen LogP contribution in [0.1, 0.15) is 11.4 Å². The summed E-state index contributed by atoms with van der Waals surface area (Å²) in [4.78, 5) is 30.4. The lowest BCUT2D eigenvalue weighted by Crippen LogP contribution is -2.49. The van der Waals surface area contributed by atoms with Gasteiger partial charge in [0.15, 0.2) is 5.82 Å². The molecule has 3 heterocycles. The number of morpholine rings is 1. The van der Waals surface area contributed by atoms with Crippen LogP contribution in [0.3, 0.4) is 0 Å². The fourth-order valence-electron chi connectivity index (χ4n) is 2.96. The number of nitrogens with zero attached hydrogens (tertiary/aromatic N) is 5. The van der Waals surface area contributed by atoms with Gasteiger partial charge >= 0.3 is 0 Å². The van der Waals surface area contributed by atoms with E-state index in [1.54, 1.807) is 29.0 Å². The molecule has 1 saturated heterocycles. The van der Waals surface area contributed by atoms with Crippen molar-refractivity contribution < 1.29 is 9.53 Å². The van der Waals surface area contributed by atoms with Gasteiger partial charge in [-0.25, -0.2) is 4.98 Å². The van der Waals surface area contributed by atoms with Crippen LogP contribution in [0.4, 0.5) is 5.82 Å². The van der Waals surface area contributed by atoms with E-state index < -0.39 is 0 Å². The Kier molecular flexibility index (Phi) is 5.36. The molecule has 1 atom stereocenters. The Labute approximate surface area is 151 Å². The van der Waals surface area contributed by atoms with Crippen LogP contribution in [-0.2, 0) is 23.1 Å². The Morgan fingerprint density at radius 1 is 1.42 bits per heavy atom. The number of aryl methyl sites for hydroxylation is 3. The first-order valence-electron chi connectivity index (χ1n) is 8.60. The van der Waals surface area contributed by atoms with Crippen molar-refractivity contribution in [1.82, 2.24) is 24.2 Å². The predicted octanol–water partition coefficient (Wildman–Crippen LogP) is -0.0669. The van der Waals surface area contributed by atoms with Crippen LogP contribution in [0, 0.1) is 13.8 Å². The molecule has 0 unspecified atom stereocenters. The van der Waals surface area contributed by atoms with Crippen LogP contribution in [0.5, 0.6) is 0 Å². The third kappa shape index (κ3) is 4.10. The van der Waals surface area contributed by atoms with Crippen LogP contribution in [0.25, 0.3) is 0 Å². The second-order valence-electron chi connectivity index (χ2n) is 6.49. The molecule has 26 heavy (non-hydrogen) atoms. The van der Waals surface area contributed by atoms with Crippen LogP contribution in [0.2, 0.25) is 0 Å². The average molecular weight is 360 g/mol. The minimum Gasteiger partial charge on any atom is -0.373 e. The maximum Gasteiger partial charge on any atom is 0.293 e. The van der Waals surface area contributed by atoms with Crippen molar-refractivity contribution in [2.45, 2.75) is 26.5 Å². The molecule has 0 saturated carbocycles. The molecule has 2 aromatic heterocycles. The van der Waals surface area contributed by atoms with E-state index in [4.69, 9.17) is 4.74 Å². The lowest BCUT2D eigenvalue weighted by Gasteiger charge is -2.33. The van der Waals surface area contributed by atoms with Crippen molar-refractivity contribution in [3.8, 4) is 0 Å². The summed E-state index contributed by atoms with van der Waals surface area (Å²) in [6, 6.07) is 1.95. The molecule has 1 aliphatic rings. The summed E-state index contributed by atoms with van der Waals surface area (Å²) in [7, 11) is 1.67. The fraction of sp³-hybridized carbons (Fsp3) is 0.529. The Hall–Kier alpha value is -2.68. The van der Waals surface area contributed by atoms with Crippen molar-refractivity contribution in [2.75, 3.05) is 31.6 Å². The molecule has 140 valence electrons. The minimum atomic E-state index is -0.195. The molecule has 0 aliphatic carbocycles. The maximum atomic E-state index is 12.6. The highest BCUT2D eigenvalue weighted by atomic mass is 16.5. The van der Waals surface area contributed by atoms with Gasteiger partial charge in [0.2, 0.25) is 5.91 Å². The van der Waals surface area contributed by atoms with E-state index in [9.17, 15) is 9.59 Å². The zero-order chi connectivity index (χ0) is 18.7. The predicted molar refractivity (Wildman–Crippen MR) is 96.0 cm³/mol. The Morgan fingerprint density at radius 3 is 2.96 bits per heavy atom. The molecule has 1 N–H and O–H groups in total. The standard InChI is InChI=1S/C17H24N6O3/c1-12-8-13(2)23(20-12)11-15(24)22-6-7-26-14(10-22)9-19-16-17(25)21(3)5-4-18-16/h4-5,8,14H,6-7,9-11H2,1-3H3,(H,18,19)/t14-/m1/s1. The van der Waals surface area contributed by atoms with Gasteiger partial charge in [0.05, 0.1) is 18.4 Å². The second-order valence-corrected chi connectivity index (χ2v) is 6.49. The van der Waals surface area contributed by atoms with Gasteiger partial charge in [0, 0.05) is 44.8 Å². The molecule has 9 nitrogen and oxygen atoms in total. The zero-order valence-electron chi connectivity index (χ0n) is 15.3. The van der Waals surface area contributed by atoms with Crippen LogP contribution in [-0.4, -0.2) is 62.5 Å². The van der Waals surface area contributed by atoms with Gasteiger partial charge in [0.1, 0.15) is 6.54 Å². The largest absolute Gasteiger partial charge is 0.373 e. The molecule has 0 spiro atoms. The number of carbonyl (C=O) groups is 1. The van der Waals surface area contributed by atoms with Crippen molar-refractivity contribution >= 4 is 11.7 Å². The number of rotatable bonds is 5. The Balaban J connectivity index is 1.57. The fourth-order valence-corrected chi connectivity index (χ4v) is 2.96. The van der Waals surface area contributed by atoms with Gasteiger partial charge < -0.3 is 19.5 Å². The highest BCUT2D eigenvalue weighted by molar-refractivity contribution is 5.76. The summed E-state index contributed by atoms with van der Waals surface area (Å²) >= 11 is 0. The topological polar surface area (TPSA) is 94.3 Å². The summed E-state index contributed by atoms with van der Waals surface area (Å²) in [6.45, 7) is 5.98. The number of anilines is 1. The van der Waals surface area contributed by atoms with Gasteiger partial charge in [-0.05, 0) is 19.9 Å². The third-order valence-corrected chi connectivity index (χ3v) is 4.39. The molecular weight excluding hydrogens is 336 g/mol. The van der Waals surface area contributed by atoms with Crippen molar-refractivity contribution in [2.24, 2.45) is 7.05 Å². The monoisotopic (exact) mass is 360 g/mol. The van der Waals surface area contributed by atoms with Gasteiger partial charge in [-0.2, -0.15) is 5.10 Å². The zero-order valence-corrected chi connectivity index (χ0v) is 15.3. The summed E-state index contributed by atoms with van der Waals surface area (Å²) in [5.74, 6) is 0.294. The highest BCUT2D eigenvalue weighted by Crippen LogP contribution is 2.09. The Morgan fingerprint density at radius 2 is 2.23 bits per heavy atom. The molecule has 1 aliphatic heterocycles. The lowest BCUT2D eigenvalue weighted by atomic mass is 10.2. The van der Waals surface area contributed by atoms with Gasteiger partial charge in [-0.1, -0.05) is 0 Å². The smallest absolute Gasteiger partial charge is 0.293 e. The van der Waals surface area contributed by atoms with E-state index in [2.05, 4.69) is 15.4 Å². The lowest BCUT2D eigenvalue weighted by molar-refractivity contribution is -0.139. The number of carbonyl (C=O) groups excluding carboxylic acids is 1. The quantitative estimate of drug-likeness (QED) is 0.802. The Bertz CT molecular complexity index is 843. The van der Waals surface area contributed by atoms with Gasteiger partial charge in [-0.3, -0.25) is 14.3 Å². The van der Waals surface area contributed by atoms with Gasteiger partial charge in [0.25, 0.3) is 5.56 Å². The van der Waals surface area contributed by atoms with Crippen LogP contribution < -0.4 is 10.9 Å². The second kappa shape index (κ2) is 7.69. The normalized spacial score (nSPS) is 17.3. The molecule has 3 rings (SSSR count). The molecule has 0 bridgehead atoms. The maximum absolute atomic E-state index is 12.6. The first-order valence-corrected chi connectivity index (χ1v) is 8.60. The number of amides is 1. The van der Waals surface area contributed by atoms with Crippen molar-refractivity contribution in [3.63, 3.8) is 0 Å². The average Bonchev–Trinajstić information content (AvgIpc) is 2.93. The SMILES string of the molecule is Cc1cc(C)n(CC(=O)N2CCO[C@H](CNc3nccn(C)c3=O)C2)n1. The third-order valence-electron chi connectivity index (χ3n) is 4.39. The first-order chi connectivity index (χ1) is 12.4. The minimum absolute atomic E-state index is 0.0123. The number of hydrogen-bond acceptors (Lipinski definition) is 6. The highest BCUT2D eigenvalue weighted by Gasteiger charge is 2.25. The molecule has 1 fully saturated rings. The van der Waals surface area contributed by atoms with E-state index in [0.29, 0.717) is 26.2 Å². The summed E-state index contributed by atoms with van der Waals surface area (Å²) in [5, 5.41) is 7.36. The van der Waals surface area contributed by atoms with E-state index in [0.717, 1.165) is 11.4 Å². The molecule has 0 aromatic carbocycles. The van der Waals surface area contributed by atoms with Crippen LogP contribution in [0.15, 0.2) is 23.3 Å². The number of aromatic nitrogens is 4. The number of hydrogen-bond donors (Lipinski definition) is 1. The molecule has 1 amide bonds. The number of ether oxygens (including phenoxy) is 1. The van der Waals surface area contributed by atoms with Crippen LogP contribution >= 0.6 is 0 Å². The van der Waals surface area contributed by atoms with E-state index >= 15 is 0 Å². The van der Waals surface area contributed by atoms with E-state index in [1.165, 1.54) is 4.57 Å². The number of nitrogens with one attached hydrogen (secondary N) is 1. The van der Waals surface area contributed by atoms with Gasteiger partial charge in [-0.15, -0.1) is 0 Å². The molecule has 0 radical (unpaired) electrons. The van der Waals surface area contributed by atoms with Crippen molar-refractivity contribution in [3.05, 3.63) is 40.2 Å². The van der Waals surface area contributed by atoms with Crippen molar-refractivity contribution in [1.29, 1.82) is 0 Å². The molecular formula is C17H24N6O3. The molecule has 2 aromatic rings. The molecule has 9 heteroatoms. The summed E-state index contributed by atoms with van der Waals surface area (Å²) < 4.78 is 8.89. The first kappa shape index (κ1) is 18.1. The summed E-state index contributed by atoms with van der Waals surface area (Å²) in [5.41, 5.74) is 1.67. The summed E-state index contributed by atoms with van der Waals surface area (Å²) in [6.07, 6.45) is 2.97. The van der Waals surface area contributed by atoms with E-state index in [1.807, 2.05) is 19.9 Å².